The van der Waals surface area contributed by atoms with Gasteiger partial charge in [-0.3, -0.25) is 9.59 Å². The van der Waals surface area contributed by atoms with Gasteiger partial charge < -0.3 is 20.4 Å². The molecule has 0 unspecified atom stereocenters. The molecule has 4 N–H and O–H groups in total. The van der Waals surface area contributed by atoms with Gasteiger partial charge in [-0.1, -0.05) is 46.6 Å². The van der Waals surface area contributed by atoms with Crippen LogP contribution in [0.15, 0.2) is 93.2 Å². The maximum absolute atomic E-state index is 12.5. The number of aromatic hydroxyl groups is 2. The maximum Gasteiger partial charge on any atom is 0.266 e. The zero-order valence-electron chi connectivity index (χ0n) is 40.9. The highest BCUT2D eigenvalue weighted by molar-refractivity contribution is 6.24. The molecule has 0 fully saturated rings. The summed E-state index contributed by atoms with van der Waals surface area (Å²) < 4.78 is 48.2. The molecular formula is C54H78F4O6. The van der Waals surface area contributed by atoms with E-state index in [1.165, 1.54) is 11.1 Å². The van der Waals surface area contributed by atoms with Crippen molar-refractivity contribution < 1.29 is 47.6 Å². The Balaban J connectivity index is 0.000000640. The third-order valence-corrected chi connectivity index (χ3v) is 12.6. The lowest BCUT2D eigenvalue weighted by atomic mass is 9.82. The fourth-order valence-electron chi connectivity index (χ4n) is 7.56. The third kappa shape index (κ3) is 21.1. The average molecular weight is 899 g/mol. The van der Waals surface area contributed by atoms with Gasteiger partial charge in [-0.25, -0.2) is 0 Å². The molecule has 0 bridgehead atoms. The van der Waals surface area contributed by atoms with E-state index < -0.39 is 23.4 Å². The van der Waals surface area contributed by atoms with Gasteiger partial charge in [0.2, 0.25) is 0 Å². The lowest BCUT2D eigenvalue weighted by Gasteiger charge is -2.25. The summed E-state index contributed by atoms with van der Waals surface area (Å²) in [5.41, 5.74) is 7.67. The van der Waals surface area contributed by atoms with Crippen molar-refractivity contribution >= 4 is 11.6 Å². The van der Waals surface area contributed by atoms with Crippen LogP contribution >= 0.6 is 0 Å². The van der Waals surface area contributed by atoms with Gasteiger partial charge in [0.05, 0.1) is 11.2 Å². The molecule has 0 aliphatic heterocycles. The third-order valence-electron chi connectivity index (χ3n) is 12.6. The van der Waals surface area contributed by atoms with Crippen LogP contribution in [0.25, 0.3) is 0 Å². The summed E-state index contributed by atoms with van der Waals surface area (Å²) in [6.07, 6.45) is 17.1. The fraction of sp³-hybridized carbons (Fsp3) is 0.556. The lowest BCUT2D eigenvalue weighted by molar-refractivity contribution is -0.116. The van der Waals surface area contributed by atoms with Crippen molar-refractivity contribution in [1.82, 2.24) is 0 Å². The van der Waals surface area contributed by atoms with Crippen LogP contribution in [0.4, 0.5) is 17.6 Å². The number of ketones is 2. The number of carbonyl (C=O) groups is 2. The number of carbonyl (C=O) groups excluding carboxylic acids is 2. The molecule has 0 radical (unpaired) electrons. The predicted octanol–water partition coefficient (Wildman–Crippen LogP) is 15.1. The van der Waals surface area contributed by atoms with Crippen LogP contribution in [0.5, 0.6) is 11.5 Å². The van der Waals surface area contributed by atoms with Crippen LogP contribution in [0.1, 0.15) is 181 Å². The van der Waals surface area contributed by atoms with Crippen molar-refractivity contribution in [1.29, 1.82) is 0 Å². The molecule has 1 aromatic carbocycles. The average Bonchev–Trinajstić information content (AvgIpc) is 3.20. The molecular weight excluding hydrogens is 821 g/mol. The van der Waals surface area contributed by atoms with Crippen LogP contribution in [0, 0.1) is 20.8 Å². The topological polar surface area (TPSA) is 115 Å². The number of phenols is 2. The number of rotatable bonds is 24. The molecule has 0 saturated heterocycles. The summed E-state index contributed by atoms with van der Waals surface area (Å²) in [5, 5.41) is 42.3. The van der Waals surface area contributed by atoms with E-state index in [1.807, 2.05) is 20.8 Å². The summed E-state index contributed by atoms with van der Waals surface area (Å²) in [4.78, 5) is 24.8. The summed E-state index contributed by atoms with van der Waals surface area (Å²) in [6, 6.07) is 0. The van der Waals surface area contributed by atoms with Crippen LogP contribution in [0.2, 0.25) is 0 Å². The SMILES string of the molecule is C/C(=C\CC/C(C)=C/CC[C@@](C)(O)CCc1c(C)c(O)c(C)c(C)c1O)CCC=C(F)F.CC1=C(C)C(=O)C(CC[C@](C)(O)CC/C=C(\C)CC/C=C(\C)CCC=C(F)F)=C(C)C1=O. The maximum atomic E-state index is 12.5. The number of hydrogen-bond donors (Lipinski definition) is 4. The molecule has 358 valence electrons. The van der Waals surface area contributed by atoms with E-state index >= 15 is 0 Å². The first-order valence-corrected chi connectivity index (χ1v) is 22.8. The minimum atomic E-state index is -1.62. The zero-order chi connectivity index (χ0) is 48.9. The number of halogens is 4. The minimum Gasteiger partial charge on any atom is -0.507 e. The second kappa shape index (κ2) is 27.9. The lowest BCUT2D eigenvalue weighted by Crippen LogP contribution is -2.26. The Kier molecular flexibility index (Phi) is 25.2. The molecule has 64 heavy (non-hydrogen) atoms. The van der Waals surface area contributed by atoms with Crippen molar-refractivity contribution in [3.05, 3.63) is 115 Å². The van der Waals surface area contributed by atoms with Gasteiger partial charge in [0.25, 0.3) is 12.2 Å². The minimum absolute atomic E-state index is 0.0781. The number of aliphatic hydroxyl groups is 2. The van der Waals surface area contributed by atoms with Crippen molar-refractivity contribution in [2.24, 2.45) is 0 Å². The largest absolute Gasteiger partial charge is 0.507 e. The summed E-state index contributed by atoms with van der Waals surface area (Å²) in [7, 11) is 0. The number of hydrogen-bond acceptors (Lipinski definition) is 6. The van der Waals surface area contributed by atoms with Crippen molar-refractivity contribution in [3.63, 3.8) is 0 Å². The molecule has 6 nitrogen and oxygen atoms in total. The summed E-state index contributed by atoms with van der Waals surface area (Å²) in [6.45, 7) is 22.1. The van der Waals surface area contributed by atoms with E-state index in [9.17, 15) is 47.6 Å². The van der Waals surface area contributed by atoms with Gasteiger partial charge in [0.1, 0.15) is 11.5 Å². The first-order chi connectivity index (χ1) is 29.7. The Morgan fingerprint density at radius 2 is 0.812 bits per heavy atom. The molecule has 0 aromatic heterocycles. The van der Waals surface area contributed by atoms with Crippen LogP contribution in [-0.4, -0.2) is 43.2 Å². The highest BCUT2D eigenvalue weighted by atomic mass is 19.3. The van der Waals surface area contributed by atoms with Crippen LogP contribution in [0.3, 0.4) is 0 Å². The molecule has 0 spiro atoms. The van der Waals surface area contributed by atoms with Crippen LogP contribution < -0.4 is 0 Å². The summed E-state index contributed by atoms with van der Waals surface area (Å²) >= 11 is 0. The second-order valence-corrected chi connectivity index (χ2v) is 18.5. The molecule has 2 atom stereocenters. The number of benzene rings is 1. The highest BCUT2D eigenvalue weighted by Crippen LogP contribution is 2.38. The van der Waals surface area contributed by atoms with Gasteiger partial charge in [-0.05, 0) is 215 Å². The van der Waals surface area contributed by atoms with Gasteiger partial charge in [0.15, 0.2) is 11.6 Å². The molecule has 0 saturated carbocycles. The van der Waals surface area contributed by atoms with E-state index in [1.54, 1.807) is 48.5 Å². The van der Waals surface area contributed by atoms with E-state index in [0.717, 1.165) is 61.8 Å². The molecule has 1 aromatic rings. The molecule has 10 heteroatoms. The van der Waals surface area contributed by atoms with Crippen molar-refractivity contribution in [2.75, 3.05) is 0 Å². The van der Waals surface area contributed by atoms with Crippen LogP contribution in [-0.2, 0) is 16.0 Å². The quantitative estimate of drug-likeness (QED) is 0.0356. The van der Waals surface area contributed by atoms with Gasteiger partial charge in [-0.2, -0.15) is 17.6 Å². The number of Topliss-reactive ketones (excluding diaryl/α,β-unsaturated/α-hetero) is 2. The van der Waals surface area contributed by atoms with Gasteiger partial charge in [0, 0.05) is 27.9 Å². The Hall–Kier alpha value is -4.28. The van der Waals surface area contributed by atoms with Gasteiger partial charge in [-0.15, -0.1) is 0 Å². The number of phenolic OH excluding ortho intramolecular Hbond substituents is 2. The highest BCUT2D eigenvalue weighted by Gasteiger charge is 2.30. The molecule has 0 amide bonds. The van der Waals surface area contributed by atoms with Crippen molar-refractivity contribution in [3.8, 4) is 11.5 Å². The fourth-order valence-corrected chi connectivity index (χ4v) is 7.56. The monoisotopic (exact) mass is 899 g/mol. The Morgan fingerprint density at radius 1 is 0.469 bits per heavy atom. The Bertz CT molecular complexity index is 1980. The standard InChI is InChI=1S/C27H40F2O3.C27H38F2O3/c2*1-18(12-8-14-24(28)29)10-7-11-19(2)13-9-16-27(6,32)17-15-23-22(5)25(30)20(3)21(4)26(23)31/h10,13-14,30-32H,7-9,11-12,15-17H2,1-6H3;10,13-14,32H,7-9,11-12,15-17H2,1-6H3/b2*18-10+,19-13+/t2*27-/m11/s1. The van der Waals surface area contributed by atoms with Gasteiger partial charge >= 0.3 is 0 Å². The molecule has 2 rings (SSSR count). The molecule has 1 aliphatic rings. The molecule has 0 heterocycles. The molecule has 1 aliphatic carbocycles. The zero-order valence-corrected chi connectivity index (χ0v) is 40.9. The van der Waals surface area contributed by atoms with Crippen molar-refractivity contribution in [2.45, 2.75) is 197 Å². The normalized spacial score (nSPS) is 16.1. The first-order valence-electron chi connectivity index (χ1n) is 22.8. The second-order valence-electron chi connectivity index (χ2n) is 18.5. The van der Waals surface area contributed by atoms with E-state index in [0.29, 0.717) is 109 Å². The van der Waals surface area contributed by atoms with E-state index in [-0.39, 0.29) is 23.1 Å². The van der Waals surface area contributed by atoms with E-state index in [2.05, 4.69) is 38.2 Å². The first kappa shape index (κ1) is 57.7. The Morgan fingerprint density at radius 3 is 1.22 bits per heavy atom. The predicted molar refractivity (Wildman–Crippen MR) is 255 cm³/mol. The van der Waals surface area contributed by atoms with E-state index in [4.69, 9.17) is 0 Å². The number of allylic oxidation sites excluding steroid dienone is 14. The Labute approximate surface area is 382 Å². The summed E-state index contributed by atoms with van der Waals surface area (Å²) in [5.74, 6) is 0.258. The smallest absolute Gasteiger partial charge is 0.266 e.